The van der Waals surface area contributed by atoms with Crippen LogP contribution in [0.2, 0.25) is 0 Å². The molecule has 174 valence electrons. The number of nitrogens with one attached hydrogen (secondary N) is 2. The second kappa shape index (κ2) is 9.73. The lowest BCUT2D eigenvalue weighted by Crippen LogP contribution is -2.26. The summed E-state index contributed by atoms with van der Waals surface area (Å²) in [6, 6.07) is 12.1. The third-order valence-electron chi connectivity index (χ3n) is 4.72. The van der Waals surface area contributed by atoms with E-state index in [9.17, 15) is 19.7 Å². The molecule has 0 radical (unpaired) electrons. The minimum atomic E-state index is -0.574. The Kier molecular flexibility index (Phi) is 6.39. The summed E-state index contributed by atoms with van der Waals surface area (Å²) in [7, 11) is 1.58. The summed E-state index contributed by atoms with van der Waals surface area (Å²) in [6.45, 7) is 0.194. The fourth-order valence-electron chi connectivity index (χ4n) is 3.04. The lowest BCUT2D eigenvalue weighted by molar-refractivity contribution is -0.384. The Hall–Kier alpha value is -4.87. The number of hydrogen-bond acceptors (Lipinski definition) is 8. The average Bonchev–Trinajstić information content (AvgIpc) is 3.58. The van der Waals surface area contributed by atoms with Crippen molar-refractivity contribution >= 4 is 23.2 Å². The van der Waals surface area contributed by atoms with Crippen LogP contribution in [0, 0.1) is 10.1 Å². The number of aromatic nitrogens is 2. The molecular formula is C22H19N5O7. The van der Waals surface area contributed by atoms with Crippen molar-refractivity contribution in [2.24, 2.45) is 7.05 Å². The van der Waals surface area contributed by atoms with Gasteiger partial charge in [-0.15, -0.1) is 0 Å². The number of nitro benzene ring substituents is 1. The second-order valence-electron chi connectivity index (χ2n) is 7.05. The molecule has 2 amide bonds. The van der Waals surface area contributed by atoms with Crippen LogP contribution < -0.4 is 15.4 Å². The van der Waals surface area contributed by atoms with E-state index in [1.54, 1.807) is 25.2 Å². The average molecular weight is 465 g/mol. The normalized spacial score (nSPS) is 10.6. The molecule has 1 aromatic carbocycles. The van der Waals surface area contributed by atoms with Gasteiger partial charge in [-0.25, -0.2) is 0 Å². The van der Waals surface area contributed by atoms with Gasteiger partial charge in [-0.05, 0) is 36.4 Å². The fraction of sp³-hybridized carbons (Fsp3) is 0.136. The Bertz CT molecular complexity index is 1310. The van der Waals surface area contributed by atoms with Crippen molar-refractivity contribution in [1.29, 1.82) is 0 Å². The number of anilines is 1. The van der Waals surface area contributed by atoms with E-state index in [2.05, 4.69) is 15.7 Å². The van der Waals surface area contributed by atoms with Crippen LogP contribution in [-0.2, 0) is 20.2 Å². The number of aryl methyl sites for hydroxylation is 1. The number of benzene rings is 1. The van der Waals surface area contributed by atoms with Gasteiger partial charge in [0.15, 0.2) is 5.76 Å². The number of hydrogen-bond donors (Lipinski definition) is 2. The Balaban J connectivity index is 1.36. The molecule has 12 heteroatoms. The molecule has 0 saturated heterocycles. The zero-order valence-electron chi connectivity index (χ0n) is 17.9. The molecule has 0 saturated carbocycles. The van der Waals surface area contributed by atoms with Gasteiger partial charge >= 0.3 is 0 Å². The highest BCUT2D eigenvalue weighted by Gasteiger charge is 2.21. The molecule has 3 heterocycles. The van der Waals surface area contributed by atoms with Gasteiger partial charge in [-0.1, -0.05) is 0 Å². The maximum atomic E-state index is 12.6. The molecule has 0 aliphatic heterocycles. The molecular weight excluding hydrogens is 446 g/mol. The number of carbonyl (C=O) groups excluding carboxylic acids is 2. The van der Waals surface area contributed by atoms with Crippen LogP contribution in [0.5, 0.6) is 5.75 Å². The number of nitro groups is 1. The molecule has 34 heavy (non-hydrogen) atoms. The van der Waals surface area contributed by atoms with Crippen molar-refractivity contribution in [3.8, 4) is 5.75 Å². The topological polar surface area (TPSA) is 155 Å². The van der Waals surface area contributed by atoms with E-state index in [1.165, 1.54) is 47.5 Å². The van der Waals surface area contributed by atoms with E-state index < -0.39 is 16.7 Å². The summed E-state index contributed by atoms with van der Waals surface area (Å²) in [4.78, 5) is 35.4. The lowest BCUT2D eigenvalue weighted by atomic mass is 10.3. The highest BCUT2D eigenvalue weighted by molar-refractivity contribution is 6.07. The maximum absolute atomic E-state index is 12.6. The Labute approximate surface area is 192 Å². The molecule has 0 aliphatic carbocycles. The Morgan fingerprint density at radius 2 is 1.91 bits per heavy atom. The van der Waals surface area contributed by atoms with Crippen LogP contribution in [-0.4, -0.2) is 26.5 Å². The molecule has 4 aromatic rings. The maximum Gasteiger partial charge on any atom is 0.291 e. The number of ether oxygens (including phenoxy) is 1. The first-order chi connectivity index (χ1) is 16.4. The first kappa shape index (κ1) is 22.3. The summed E-state index contributed by atoms with van der Waals surface area (Å²) in [5.41, 5.74) is 0.325. The zero-order valence-corrected chi connectivity index (χ0v) is 17.9. The van der Waals surface area contributed by atoms with E-state index >= 15 is 0 Å². The summed E-state index contributed by atoms with van der Waals surface area (Å²) in [5.74, 6) is 0.353. The van der Waals surface area contributed by atoms with Crippen LogP contribution in [0.4, 0.5) is 11.4 Å². The monoisotopic (exact) mass is 465 g/mol. The van der Waals surface area contributed by atoms with Crippen LogP contribution in [0.1, 0.15) is 32.6 Å². The van der Waals surface area contributed by atoms with Gasteiger partial charge in [0.25, 0.3) is 17.5 Å². The minimum Gasteiger partial charge on any atom is -0.486 e. The van der Waals surface area contributed by atoms with Gasteiger partial charge in [-0.3, -0.25) is 24.4 Å². The van der Waals surface area contributed by atoms with Crippen molar-refractivity contribution in [1.82, 2.24) is 15.1 Å². The van der Waals surface area contributed by atoms with Gasteiger partial charge in [0.05, 0.1) is 29.6 Å². The predicted octanol–water partition coefficient (Wildman–Crippen LogP) is 3.28. The number of nitrogens with zero attached hydrogens (tertiary/aromatic N) is 3. The third-order valence-corrected chi connectivity index (χ3v) is 4.72. The molecule has 0 atom stereocenters. The first-order valence-corrected chi connectivity index (χ1v) is 10.0. The van der Waals surface area contributed by atoms with Crippen LogP contribution in [0.3, 0.4) is 0 Å². The van der Waals surface area contributed by atoms with Gasteiger partial charge in [0, 0.05) is 19.2 Å². The Morgan fingerprint density at radius 1 is 1.12 bits per heavy atom. The summed E-state index contributed by atoms with van der Waals surface area (Å²) < 4.78 is 17.6. The zero-order chi connectivity index (χ0) is 24.1. The van der Waals surface area contributed by atoms with Gasteiger partial charge in [-0.2, -0.15) is 5.10 Å². The highest BCUT2D eigenvalue weighted by atomic mass is 16.6. The fourth-order valence-corrected chi connectivity index (χ4v) is 3.04. The molecule has 0 unspecified atom stereocenters. The molecule has 0 bridgehead atoms. The second-order valence-corrected chi connectivity index (χ2v) is 7.05. The molecule has 3 aromatic heterocycles. The first-order valence-electron chi connectivity index (χ1n) is 10.0. The van der Waals surface area contributed by atoms with Crippen molar-refractivity contribution in [2.45, 2.75) is 13.2 Å². The summed E-state index contributed by atoms with van der Waals surface area (Å²) in [6.07, 6.45) is 2.87. The number of rotatable bonds is 9. The third kappa shape index (κ3) is 5.12. The van der Waals surface area contributed by atoms with Gasteiger partial charge < -0.3 is 24.2 Å². The highest BCUT2D eigenvalue weighted by Crippen LogP contribution is 2.20. The molecule has 0 spiro atoms. The Morgan fingerprint density at radius 3 is 2.62 bits per heavy atom. The number of amides is 2. The lowest BCUT2D eigenvalue weighted by Gasteiger charge is -2.07. The predicted molar refractivity (Wildman–Crippen MR) is 117 cm³/mol. The van der Waals surface area contributed by atoms with Crippen molar-refractivity contribution in [3.63, 3.8) is 0 Å². The number of carbonyl (C=O) groups is 2. The number of furan rings is 2. The SMILES string of the molecule is Cn1ncc(NC(=O)c2ccc(COc3ccc([N+](=O)[O-])cc3)o2)c1C(=O)NCc1ccco1. The molecule has 0 aliphatic rings. The van der Waals surface area contributed by atoms with Crippen molar-refractivity contribution in [3.05, 3.63) is 94.1 Å². The van der Waals surface area contributed by atoms with Gasteiger partial charge in [0.1, 0.15) is 29.6 Å². The molecule has 0 fully saturated rings. The van der Waals surface area contributed by atoms with Crippen LogP contribution in [0.15, 0.2) is 69.8 Å². The molecule has 12 nitrogen and oxygen atoms in total. The van der Waals surface area contributed by atoms with Crippen molar-refractivity contribution in [2.75, 3.05) is 5.32 Å². The van der Waals surface area contributed by atoms with Crippen LogP contribution >= 0.6 is 0 Å². The van der Waals surface area contributed by atoms with E-state index in [0.29, 0.717) is 17.3 Å². The standard InChI is InChI=1S/C22H19N5O7/c1-26-20(22(29)23-11-16-3-2-10-32-16)18(12-24-26)25-21(28)19-9-8-17(34-19)13-33-15-6-4-14(5-7-15)27(30)31/h2-10,12H,11,13H2,1H3,(H,23,29)(H,25,28). The van der Waals surface area contributed by atoms with E-state index in [0.717, 1.165) is 0 Å². The smallest absolute Gasteiger partial charge is 0.291 e. The van der Waals surface area contributed by atoms with Crippen LogP contribution in [0.25, 0.3) is 0 Å². The number of non-ortho nitro benzene ring substituents is 1. The molecule has 2 N–H and O–H groups in total. The quantitative estimate of drug-likeness (QED) is 0.282. The van der Waals surface area contributed by atoms with Gasteiger partial charge in [0.2, 0.25) is 0 Å². The van der Waals surface area contributed by atoms with E-state index in [-0.39, 0.29) is 36.0 Å². The van der Waals surface area contributed by atoms with E-state index in [1.807, 2.05) is 0 Å². The van der Waals surface area contributed by atoms with Crippen molar-refractivity contribution < 1.29 is 28.1 Å². The molecule has 4 rings (SSSR count). The summed E-state index contributed by atoms with van der Waals surface area (Å²) >= 11 is 0. The largest absolute Gasteiger partial charge is 0.486 e. The summed E-state index contributed by atoms with van der Waals surface area (Å²) in [5, 5.41) is 20.1. The minimum absolute atomic E-state index is 0.00750. The van der Waals surface area contributed by atoms with E-state index in [4.69, 9.17) is 13.6 Å².